The number of rotatable bonds is 2. The molecule has 0 spiro atoms. The number of thiophene rings is 1. The molecule has 3 heteroatoms. The fourth-order valence-electron chi connectivity index (χ4n) is 1.88. The van der Waals surface area contributed by atoms with E-state index in [1.165, 1.54) is 15.8 Å². The van der Waals surface area contributed by atoms with Gasteiger partial charge in [0.2, 0.25) is 0 Å². The largest absolute Gasteiger partial charge is 0.342 e. The normalized spacial score (nSPS) is 11.1. The third-order valence-corrected chi connectivity index (χ3v) is 3.99. The third kappa shape index (κ3) is 1.81. The molecule has 0 aliphatic heterocycles. The fraction of sp³-hybridized carbons (Fsp3) is 0.0769. The van der Waals surface area contributed by atoms with Crippen molar-refractivity contribution in [3.63, 3.8) is 0 Å². The highest BCUT2D eigenvalue weighted by Crippen LogP contribution is 2.22. The van der Waals surface area contributed by atoms with Crippen molar-refractivity contribution < 1.29 is 0 Å². The van der Waals surface area contributed by atoms with Gasteiger partial charge in [0.1, 0.15) is 0 Å². The molecule has 1 nitrogen and oxygen atoms in total. The number of benzene rings is 1. The van der Waals surface area contributed by atoms with Crippen LogP contribution in [0.4, 0.5) is 0 Å². The van der Waals surface area contributed by atoms with Gasteiger partial charge in [-0.25, -0.2) is 0 Å². The first kappa shape index (κ1) is 10.1. The van der Waals surface area contributed by atoms with Gasteiger partial charge < -0.3 is 4.57 Å². The first-order valence-corrected chi connectivity index (χ1v) is 6.77. The number of fused-ring (bicyclic) bond motifs is 1. The van der Waals surface area contributed by atoms with Crippen molar-refractivity contribution in [1.82, 2.24) is 4.57 Å². The van der Waals surface area contributed by atoms with Crippen molar-refractivity contribution in [2.24, 2.45) is 0 Å². The van der Waals surface area contributed by atoms with Gasteiger partial charge in [0.25, 0.3) is 0 Å². The molecule has 0 aliphatic carbocycles. The lowest BCUT2D eigenvalue weighted by molar-refractivity contribution is 0.851. The van der Waals surface area contributed by atoms with E-state index in [9.17, 15) is 0 Å². The molecule has 0 atom stereocenters. The van der Waals surface area contributed by atoms with Gasteiger partial charge in [-0.1, -0.05) is 22.0 Å². The molecule has 0 aliphatic rings. The zero-order valence-electron chi connectivity index (χ0n) is 8.56. The summed E-state index contributed by atoms with van der Waals surface area (Å²) in [5, 5.41) is 3.41. The van der Waals surface area contributed by atoms with E-state index in [4.69, 9.17) is 0 Å². The molecule has 80 valence electrons. The van der Waals surface area contributed by atoms with Crippen molar-refractivity contribution in [1.29, 1.82) is 0 Å². The maximum atomic E-state index is 3.50. The van der Waals surface area contributed by atoms with Gasteiger partial charge in [0.05, 0.1) is 6.54 Å². The lowest BCUT2D eigenvalue weighted by atomic mass is 10.2. The van der Waals surface area contributed by atoms with E-state index in [-0.39, 0.29) is 0 Å². The fourth-order valence-corrected chi connectivity index (χ4v) is 2.96. The van der Waals surface area contributed by atoms with Crippen molar-refractivity contribution in [3.8, 4) is 0 Å². The van der Waals surface area contributed by atoms with Crippen LogP contribution in [0.3, 0.4) is 0 Å². The van der Waals surface area contributed by atoms with Gasteiger partial charge in [-0.05, 0) is 35.7 Å². The molecule has 16 heavy (non-hydrogen) atoms. The predicted octanol–water partition coefficient (Wildman–Crippen LogP) is 4.51. The van der Waals surface area contributed by atoms with Gasteiger partial charge in [0, 0.05) is 26.4 Å². The second-order valence-corrected chi connectivity index (χ2v) is 5.67. The van der Waals surface area contributed by atoms with Crippen LogP contribution in [0, 0.1) is 0 Å². The van der Waals surface area contributed by atoms with E-state index in [0.717, 1.165) is 11.0 Å². The quantitative estimate of drug-likeness (QED) is 0.654. The monoisotopic (exact) mass is 291 g/mol. The molecular formula is C13H10BrNS. The van der Waals surface area contributed by atoms with E-state index in [1.807, 2.05) is 0 Å². The Morgan fingerprint density at radius 1 is 1.19 bits per heavy atom. The Morgan fingerprint density at radius 2 is 2.12 bits per heavy atom. The average molecular weight is 292 g/mol. The van der Waals surface area contributed by atoms with Crippen LogP contribution in [0.15, 0.2) is 52.4 Å². The van der Waals surface area contributed by atoms with Crippen LogP contribution in [0.25, 0.3) is 10.9 Å². The van der Waals surface area contributed by atoms with Gasteiger partial charge in [-0.15, -0.1) is 11.3 Å². The lowest BCUT2D eigenvalue weighted by Crippen LogP contribution is -1.94. The van der Waals surface area contributed by atoms with E-state index in [0.29, 0.717) is 0 Å². The minimum atomic E-state index is 0.961. The summed E-state index contributed by atoms with van der Waals surface area (Å²) in [5.41, 5.74) is 1.29. The highest BCUT2D eigenvalue weighted by molar-refractivity contribution is 9.10. The van der Waals surface area contributed by atoms with Crippen LogP contribution >= 0.6 is 27.3 Å². The molecule has 1 aromatic carbocycles. The van der Waals surface area contributed by atoms with Gasteiger partial charge >= 0.3 is 0 Å². The molecule has 0 N–H and O–H groups in total. The van der Waals surface area contributed by atoms with Crippen LogP contribution in [0.1, 0.15) is 4.88 Å². The van der Waals surface area contributed by atoms with Crippen LogP contribution in [0.2, 0.25) is 0 Å². The average Bonchev–Trinajstić information content (AvgIpc) is 2.89. The summed E-state index contributed by atoms with van der Waals surface area (Å²) in [7, 11) is 0. The number of halogens is 1. The maximum absolute atomic E-state index is 3.50. The molecule has 3 rings (SSSR count). The highest BCUT2D eigenvalue weighted by Gasteiger charge is 2.02. The molecule has 3 aromatic rings. The zero-order chi connectivity index (χ0) is 11.0. The molecule has 0 saturated heterocycles. The summed E-state index contributed by atoms with van der Waals surface area (Å²) in [6.45, 7) is 0.961. The molecule has 0 unspecified atom stereocenters. The molecule has 0 bridgehead atoms. The van der Waals surface area contributed by atoms with Crippen molar-refractivity contribution in [3.05, 3.63) is 57.3 Å². The first-order valence-electron chi connectivity index (χ1n) is 5.10. The van der Waals surface area contributed by atoms with E-state index < -0.39 is 0 Å². The summed E-state index contributed by atoms with van der Waals surface area (Å²) in [4.78, 5) is 1.39. The van der Waals surface area contributed by atoms with Crippen LogP contribution in [0.5, 0.6) is 0 Å². The standard InChI is InChI=1S/C13H10BrNS/c14-11-3-4-13-10(8-11)5-6-15(13)9-12-2-1-7-16-12/h1-8H,9H2. The SMILES string of the molecule is Brc1ccc2c(ccn2Cc2cccs2)c1. The Morgan fingerprint density at radius 3 is 2.94 bits per heavy atom. The van der Waals surface area contributed by atoms with Crippen molar-refractivity contribution in [2.45, 2.75) is 6.54 Å². The van der Waals surface area contributed by atoms with E-state index in [1.54, 1.807) is 11.3 Å². The van der Waals surface area contributed by atoms with Gasteiger partial charge in [-0.3, -0.25) is 0 Å². The topological polar surface area (TPSA) is 4.93 Å². The predicted molar refractivity (Wildman–Crippen MR) is 73.1 cm³/mol. The number of hydrogen-bond donors (Lipinski definition) is 0. The van der Waals surface area contributed by atoms with E-state index >= 15 is 0 Å². The van der Waals surface area contributed by atoms with Crippen LogP contribution in [-0.4, -0.2) is 4.57 Å². The maximum Gasteiger partial charge on any atom is 0.0569 e. The Hall–Kier alpha value is -1.06. The highest BCUT2D eigenvalue weighted by atomic mass is 79.9. The van der Waals surface area contributed by atoms with Gasteiger partial charge in [-0.2, -0.15) is 0 Å². The Kier molecular flexibility index (Phi) is 2.58. The number of hydrogen-bond acceptors (Lipinski definition) is 1. The Bertz CT molecular complexity index is 610. The Labute approximate surface area is 106 Å². The molecule has 0 radical (unpaired) electrons. The van der Waals surface area contributed by atoms with Crippen molar-refractivity contribution >= 4 is 38.2 Å². The Balaban J connectivity index is 2.04. The molecule has 2 aromatic heterocycles. The molecule has 2 heterocycles. The summed E-state index contributed by atoms with van der Waals surface area (Å²) in [6, 6.07) is 12.8. The minimum Gasteiger partial charge on any atom is -0.342 e. The van der Waals surface area contributed by atoms with E-state index in [2.05, 4.69) is 68.5 Å². The molecule has 0 saturated carbocycles. The molecule has 0 fully saturated rings. The smallest absolute Gasteiger partial charge is 0.0569 e. The summed E-state index contributed by atoms with van der Waals surface area (Å²) >= 11 is 5.30. The van der Waals surface area contributed by atoms with Gasteiger partial charge in [0.15, 0.2) is 0 Å². The summed E-state index contributed by atoms with van der Waals surface area (Å²) in [5.74, 6) is 0. The second kappa shape index (κ2) is 4.07. The third-order valence-electron chi connectivity index (χ3n) is 2.64. The lowest BCUT2D eigenvalue weighted by Gasteiger charge is -2.03. The summed E-state index contributed by atoms with van der Waals surface area (Å²) < 4.78 is 3.42. The summed E-state index contributed by atoms with van der Waals surface area (Å²) in [6.07, 6.45) is 2.15. The molecular weight excluding hydrogens is 282 g/mol. The second-order valence-electron chi connectivity index (χ2n) is 3.73. The molecule has 0 amide bonds. The first-order chi connectivity index (χ1) is 7.83. The number of nitrogens with zero attached hydrogens (tertiary/aromatic N) is 1. The number of aromatic nitrogens is 1. The zero-order valence-corrected chi connectivity index (χ0v) is 11.0. The minimum absolute atomic E-state index is 0.961. The van der Waals surface area contributed by atoms with Crippen LogP contribution in [-0.2, 0) is 6.54 Å². The van der Waals surface area contributed by atoms with Crippen LogP contribution < -0.4 is 0 Å². The van der Waals surface area contributed by atoms with Crippen molar-refractivity contribution in [2.75, 3.05) is 0 Å².